The molecule has 0 fully saturated rings. The number of fused-ring (bicyclic) bond motifs is 1. The summed E-state index contributed by atoms with van der Waals surface area (Å²) in [5.41, 5.74) is 2.05. The molecular formula is C15H17N3O2. The number of nitrogens with one attached hydrogen (secondary N) is 1. The molecule has 0 saturated carbocycles. The molecule has 5 heteroatoms. The molecule has 1 unspecified atom stereocenters. The monoisotopic (exact) mass is 271 g/mol. The Morgan fingerprint density at radius 3 is 2.80 bits per heavy atom. The zero-order valence-electron chi connectivity index (χ0n) is 11.4. The molecule has 0 saturated heterocycles. The highest BCUT2D eigenvalue weighted by Gasteiger charge is 2.18. The summed E-state index contributed by atoms with van der Waals surface area (Å²) in [5, 5.41) is 3.44. The second-order valence-corrected chi connectivity index (χ2v) is 4.53. The number of hydrogen-bond acceptors (Lipinski definition) is 5. The number of rotatable bonds is 4. The lowest BCUT2D eigenvalue weighted by Gasteiger charge is -2.22. The van der Waals surface area contributed by atoms with Crippen LogP contribution in [0.2, 0.25) is 0 Å². The molecule has 0 bridgehead atoms. The maximum atomic E-state index is 5.64. The first-order valence-corrected chi connectivity index (χ1v) is 6.77. The molecule has 0 amide bonds. The highest BCUT2D eigenvalue weighted by molar-refractivity contribution is 5.46. The normalized spacial score (nSPS) is 14.8. The second-order valence-electron chi connectivity index (χ2n) is 4.53. The van der Waals surface area contributed by atoms with Crippen molar-refractivity contribution in [2.45, 2.75) is 13.0 Å². The van der Waals surface area contributed by atoms with E-state index in [1.807, 2.05) is 24.3 Å². The lowest BCUT2D eigenvalue weighted by atomic mass is 10.0. The van der Waals surface area contributed by atoms with Crippen molar-refractivity contribution in [3.8, 4) is 11.5 Å². The zero-order valence-corrected chi connectivity index (χ0v) is 11.4. The molecule has 20 heavy (non-hydrogen) atoms. The van der Waals surface area contributed by atoms with Crippen molar-refractivity contribution in [3.63, 3.8) is 0 Å². The van der Waals surface area contributed by atoms with Gasteiger partial charge >= 0.3 is 0 Å². The van der Waals surface area contributed by atoms with Crippen molar-refractivity contribution in [1.82, 2.24) is 15.3 Å². The first-order valence-electron chi connectivity index (χ1n) is 6.77. The molecule has 5 nitrogen and oxygen atoms in total. The number of nitrogens with zero attached hydrogens (tertiary/aromatic N) is 2. The summed E-state index contributed by atoms with van der Waals surface area (Å²) in [4.78, 5) is 8.31. The fraction of sp³-hybridized carbons (Fsp3) is 0.333. The van der Waals surface area contributed by atoms with Crippen molar-refractivity contribution in [3.05, 3.63) is 48.0 Å². The smallest absolute Gasteiger partial charge is 0.161 e. The number of benzene rings is 1. The third-order valence-corrected chi connectivity index (χ3v) is 3.21. The Hall–Kier alpha value is -2.14. The summed E-state index contributed by atoms with van der Waals surface area (Å²) in [6.07, 6.45) is 3.32. The molecule has 1 atom stereocenters. The SMILES string of the molecule is CCNC(c1ccc2c(c1)OCCO2)c1ccncn1. The van der Waals surface area contributed by atoms with Gasteiger partial charge < -0.3 is 14.8 Å². The number of aromatic nitrogens is 2. The van der Waals surface area contributed by atoms with Crippen molar-refractivity contribution in [2.24, 2.45) is 0 Å². The highest BCUT2D eigenvalue weighted by Crippen LogP contribution is 2.33. The highest BCUT2D eigenvalue weighted by atomic mass is 16.6. The minimum Gasteiger partial charge on any atom is -0.486 e. The summed E-state index contributed by atoms with van der Waals surface area (Å²) >= 11 is 0. The molecule has 0 spiro atoms. The topological polar surface area (TPSA) is 56.3 Å². The molecule has 1 aromatic heterocycles. The largest absolute Gasteiger partial charge is 0.486 e. The third-order valence-electron chi connectivity index (χ3n) is 3.21. The quantitative estimate of drug-likeness (QED) is 0.921. The van der Waals surface area contributed by atoms with Crippen LogP contribution in [0.15, 0.2) is 36.8 Å². The summed E-state index contributed by atoms with van der Waals surface area (Å²) < 4.78 is 11.2. The van der Waals surface area contributed by atoms with Crippen LogP contribution in [0.5, 0.6) is 11.5 Å². The first-order chi connectivity index (χ1) is 9.88. The van der Waals surface area contributed by atoms with E-state index in [0.29, 0.717) is 13.2 Å². The van der Waals surface area contributed by atoms with E-state index in [9.17, 15) is 0 Å². The average molecular weight is 271 g/mol. The molecule has 104 valence electrons. The fourth-order valence-corrected chi connectivity index (χ4v) is 2.31. The second kappa shape index (κ2) is 5.88. The predicted molar refractivity (Wildman–Crippen MR) is 75.0 cm³/mol. The van der Waals surface area contributed by atoms with E-state index in [4.69, 9.17) is 9.47 Å². The lowest BCUT2D eigenvalue weighted by Crippen LogP contribution is -2.23. The van der Waals surface area contributed by atoms with Gasteiger partial charge in [-0.1, -0.05) is 13.0 Å². The van der Waals surface area contributed by atoms with Crippen LogP contribution >= 0.6 is 0 Å². The Labute approximate surface area is 118 Å². The molecule has 2 heterocycles. The van der Waals surface area contributed by atoms with Crippen LogP contribution in [-0.2, 0) is 0 Å². The van der Waals surface area contributed by atoms with E-state index in [0.717, 1.165) is 29.3 Å². The van der Waals surface area contributed by atoms with Crippen LogP contribution in [0, 0.1) is 0 Å². The summed E-state index contributed by atoms with van der Waals surface area (Å²) in [6, 6.07) is 7.96. The minimum absolute atomic E-state index is 0.0267. The van der Waals surface area contributed by atoms with Crippen LogP contribution in [0.4, 0.5) is 0 Å². The molecule has 0 radical (unpaired) electrons. The summed E-state index contributed by atoms with van der Waals surface area (Å²) in [5.74, 6) is 1.60. The van der Waals surface area contributed by atoms with Gasteiger partial charge in [0.1, 0.15) is 19.5 Å². The van der Waals surface area contributed by atoms with Crippen LogP contribution in [0.1, 0.15) is 24.2 Å². The molecule has 2 aromatic rings. The Morgan fingerprint density at radius 2 is 2.05 bits per heavy atom. The van der Waals surface area contributed by atoms with Gasteiger partial charge in [0, 0.05) is 6.20 Å². The van der Waals surface area contributed by atoms with Crippen LogP contribution in [0.3, 0.4) is 0 Å². The van der Waals surface area contributed by atoms with Gasteiger partial charge in [-0.3, -0.25) is 0 Å². The van der Waals surface area contributed by atoms with Gasteiger partial charge in [0.15, 0.2) is 11.5 Å². The van der Waals surface area contributed by atoms with Gasteiger partial charge in [-0.25, -0.2) is 9.97 Å². The van der Waals surface area contributed by atoms with E-state index < -0.39 is 0 Å². The van der Waals surface area contributed by atoms with Gasteiger partial charge in [-0.05, 0) is 30.3 Å². The van der Waals surface area contributed by atoms with E-state index in [1.165, 1.54) is 0 Å². The van der Waals surface area contributed by atoms with Crippen molar-refractivity contribution >= 4 is 0 Å². The average Bonchev–Trinajstić information content (AvgIpc) is 2.53. The molecule has 3 rings (SSSR count). The Kier molecular flexibility index (Phi) is 3.78. The van der Waals surface area contributed by atoms with E-state index >= 15 is 0 Å². The first kappa shape index (κ1) is 12.9. The molecule has 1 N–H and O–H groups in total. The van der Waals surface area contributed by atoms with Crippen molar-refractivity contribution in [2.75, 3.05) is 19.8 Å². The van der Waals surface area contributed by atoms with Gasteiger partial charge in [0.25, 0.3) is 0 Å². The molecular weight excluding hydrogens is 254 g/mol. The third kappa shape index (κ3) is 2.58. The Balaban J connectivity index is 1.95. The molecule has 1 aromatic carbocycles. The number of ether oxygens (including phenoxy) is 2. The van der Waals surface area contributed by atoms with E-state index in [1.54, 1.807) is 12.5 Å². The standard InChI is InChI=1S/C15H17N3O2/c1-2-17-15(12-5-6-16-10-18-12)11-3-4-13-14(9-11)20-8-7-19-13/h3-6,9-10,15,17H,2,7-8H2,1H3. The van der Waals surface area contributed by atoms with E-state index in [2.05, 4.69) is 22.2 Å². The minimum atomic E-state index is 0.0267. The molecule has 1 aliphatic heterocycles. The van der Waals surface area contributed by atoms with Crippen LogP contribution in [-0.4, -0.2) is 29.7 Å². The molecule has 1 aliphatic rings. The predicted octanol–water partition coefficient (Wildman–Crippen LogP) is 1.95. The van der Waals surface area contributed by atoms with Gasteiger partial charge in [-0.2, -0.15) is 0 Å². The van der Waals surface area contributed by atoms with Gasteiger partial charge in [0.05, 0.1) is 11.7 Å². The van der Waals surface area contributed by atoms with Crippen molar-refractivity contribution < 1.29 is 9.47 Å². The zero-order chi connectivity index (χ0) is 13.8. The fourth-order valence-electron chi connectivity index (χ4n) is 2.31. The molecule has 0 aliphatic carbocycles. The lowest BCUT2D eigenvalue weighted by molar-refractivity contribution is 0.171. The van der Waals surface area contributed by atoms with Crippen molar-refractivity contribution in [1.29, 1.82) is 0 Å². The van der Waals surface area contributed by atoms with Gasteiger partial charge in [-0.15, -0.1) is 0 Å². The Bertz CT molecular complexity index is 575. The van der Waals surface area contributed by atoms with Crippen LogP contribution in [0.25, 0.3) is 0 Å². The Morgan fingerprint density at radius 1 is 1.20 bits per heavy atom. The van der Waals surface area contributed by atoms with E-state index in [-0.39, 0.29) is 6.04 Å². The maximum absolute atomic E-state index is 5.64. The summed E-state index contributed by atoms with van der Waals surface area (Å²) in [7, 11) is 0. The maximum Gasteiger partial charge on any atom is 0.161 e. The number of hydrogen-bond donors (Lipinski definition) is 1. The van der Waals surface area contributed by atoms with Crippen LogP contribution < -0.4 is 14.8 Å². The summed E-state index contributed by atoms with van der Waals surface area (Å²) in [6.45, 7) is 4.13. The van der Waals surface area contributed by atoms with Gasteiger partial charge in [0.2, 0.25) is 0 Å².